The zero-order chi connectivity index (χ0) is 10.1. The minimum atomic E-state index is -0.203. The highest BCUT2D eigenvalue weighted by Crippen LogP contribution is 2.19. The molecule has 74 valence electrons. The molecular weight excluding hydrogens is 184 g/mol. The fourth-order valence-electron chi connectivity index (χ4n) is 1.47. The van der Waals surface area contributed by atoms with E-state index in [1.54, 1.807) is 6.92 Å². The summed E-state index contributed by atoms with van der Waals surface area (Å²) in [6.07, 6.45) is 1.65. The highest BCUT2D eigenvalue weighted by molar-refractivity contribution is 6.03. The van der Waals surface area contributed by atoms with Crippen LogP contribution in [0.15, 0.2) is 6.33 Å². The molecule has 6 heteroatoms. The quantitative estimate of drug-likeness (QED) is 0.655. The summed E-state index contributed by atoms with van der Waals surface area (Å²) in [7, 11) is 0. The lowest BCUT2D eigenvalue weighted by molar-refractivity contribution is -0.140. The second-order valence-corrected chi connectivity index (χ2v) is 3.36. The largest absolute Gasteiger partial charge is 0.275 e. The van der Waals surface area contributed by atoms with Crippen molar-refractivity contribution in [1.29, 1.82) is 0 Å². The second kappa shape index (κ2) is 3.21. The average Bonchev–Trinajstić information content (AvgIpc) is 2.71. The first kappa shape index (κ1) is 8.86. The summed E-state index contributed by atoms with van der Waals surface area (Å²) in [5.41, 5.74) is 0. The third kappa shape index (κ3) is 1.39. The third-order valence-electron chi connectivity index (χ3n) is 2.24. The fraction of sp³-hybridized carbons (Fsp3) is 0.500. The number of likely N-dealkylation sites (tertiary alicyclic amines) is 1. The molecule has 0 aliphatic carbocycles. The Labute approximate surface area is 80.3 Å². The molecular formula is C8H10N4O2. The zero-order valence-corrected chi connectivity index (χ0v) is 7.73. The molecule has 0 spiro atoms. The highest BCUT2D eigenvalue weighted by Gasteiger charge is 2.35. The molecule has 1 aromatic rings. The molecule has 1 saturated heterocycles. The molecule has 2 rings (SSSR count). The predicted octanol–water partition coefficient (Wildman–Crippen LogP) is -0.300. The van der Waals surface area contributed by atoms with Gasteiger partial charge in [0.25, 0.3) is 0 Å². The van der Waals surface area contributed by atoms with Crippen molar-refractivity contribution in [2.45, 2.75) is 19.9 Å². The summed E-state index contributed by atoms with van der Waals surface area (Å²) in [4.78, 5) is 27.9. The van der Waals surface area contributed by atoms with E-state index in [9.17, 15) is 9.59 Å². The molecule has 1 fully saturated rings. The number of imide groups is 1. The molecule has 1 aliphatic heterocycles. The summed E-state index contributed by atoms with van der Waals surface area (Å²) >= 11 is 0. The van der Waals surface area contributed by atoms with Crippen LogP contribution < -0.4 is 0 Å². The van der Waals surface area contributed by atoms with Crippen molar-refractivity contribution in [2.24, 2.45) is 5.92 Å². The van der Waals surface area contributed by atoms with E-state index in [0.29, 0.717) is 12.2 Å². The van der Waals surface area contributed by atoms with E-state index in [1.807, 2.05) is 0 Å². The van der Waals surface area contributed by atoms with Gasteiger partial charge >= 0.3 is 0 Å². The predicted molar refractivity (Wildman–Crippen MR) is 45.7 cm³/mol. The van der Waals surface area contributed by atoms with Gasteiger partial charge in [-0.15, -0.1) is 0 Å². The molecule has 2 heterocycles. The van der Waals surface area contributed by atoms with Crippen molar-refractivity contribution in [1.82, 2.24) is 20.1 Å². The molecule has 1 aliphatic rings. The van der Waals surface area contributed by atoms with Crippen molar-refractivity contribution >= 4 is 11.8 Å². The number of aromatic nitrogens is 3. The maximum Gasteiger partial charge on any atom is 0.232 e. The molecule has 1 unspecified atom stereocenters. The maximum atomic E-state index is 11.5. The fourth-order valence-corrected chi connectivity index (χ4v) is 1.47. The van der Waals surface area contributed by atoms with E-state index in [-0.39, 0.29) is 24.3 Å². The number of rotatable bonds is 2. The van der Waals surface area contributed by atoms with Gasteiger partial charge < -0.3 is 0 Å². The van der Waals surface area contributed by atoms with E-state index in [1.165, 1.54) is 11.2 Å². The number of nitrogens with zero attached hydrogens (tertiary/aromatic N) is 3. The van der Waals surface area contributed by atoms with E-state index in [2.05, 4.69) is 15.2 Å². The van der Waals surface area contributed by atoms with E-state index >= 15 is 0 Å². The van der Waals surface area contributed by atoms with Crippen LogP contribution >= 0.6 is 0 Å². The van der Waals surface area contributed by atoms with Crippen LogP contribution in [0.1, 0.15) is 19.2 Å². The standard InChI is InChI=1S/C8H10N4O2/c1-5-2-7(13)12(8(5)14)3-6-9-4-10-11-6/h4-5H,2-3H2,1H3,(H,9,10,11). The highest BCUT2D eigenvalue weighted by atomic mass is 16.2. The molecule has 1 atom stereocenters. The Hall–Kier alpha value is -1.72. The van der Waals surface area contributed by atoms with Crippen LogP contribution in [-0.4, -0.2) is 31.9 Å². The van der Waals surface area contributed by atoms with Gasteiger partial charge in [0.2, 0.25) is 11.8 Å². The third-order valence-corrected chi connectivity index (χ3v) is 2.24. The van der Waals surface area contributed by atoms with E-state index in [0.717, 1.165) is 0 Å². The van der Waals surface area contributed by atoms with Gasteiger partial charge in [0.05, 0.1) is 6.54 Å². The molecule has 1 aromatic heterocycles. The first-order valence-electron chi connectivity index (χ1n) is 4.37. The first-order valence-corrected chi connectivity index (χ1v) is 4.37. The van der Waals surface area contributed by atoms with Crippen molar-refractivity contribution in [2.75, 3.05) is 0 Å². The molecule has 0 aromatic carbocycles. The van der Waals surface area contributed by atoms with E-state index in [4.69, 9.17) is 0 Å². The number of H-pyrrole nitrogens is 1. The van der Waals surface area contributed by atoms with Crippen LogP contribution in [-0.2, 0) is 16.1 Å². The lowest BCUT2D eigenvalue weighted by atomic mass is 10.1. The Morgan fingerprint density at radius 3 is 2.93 bits per heavy atom. The van der Waals surface area contributed by atoms with Crippen LogP contribution in [0.3, 0.4) is 0 Å². The summed E-state index contributed by atoms with van der Waals surface area (Å²) in [6.45, 7) is 1.95. The lowest BCUT2D eigenvalue weighted by Crippen LogP contribution is -2.30. The van der Waals surface area contributed by atoms with Gasteiger partial charge in [-0.25, -0.2) is 4.98 Å². The molecule has 1 N–H and O–H groups in total. The van der Waals surface area contributed by atoms with Crippen molar-refractivity contribution in [3.63, 3.8) is 0 Å². The molecule has 6 nitrogen and oxygen atoms in total. The Balaban J connectivity index is 2.12. The summed E-state index contributed by atoms with van der Waals surface area (Å²) < 4.78 is 0. The Kier molecular flexibility index (Phi) is 2.03. The monoisotopic (exact) mass is 194 g/mol. The van der Waals surface area contributed by atoms with Gasteiger partial charge in [0.1, 0.15) is 12.2 Å². The molecule has 2 amide bonds. The number of aromatic amines is 1. The summed E-state index contributed by atoms with van der Waals surface area (Å²) in [5, 5.41) is 6.26. The van der Waals surface area contributed by atoms with Crippen molar-refractivity contribution < 1.29 is 9.59 Å². The zero-order valence-electron chi connectivity index (χ0n) is 7.73. The Morgan fingerprint density at radius 2 is 2.43 bits per heavy atom. The van der Waals surface area contributed by atoms with Gasteiger partial charge in [-0.1, -0.05) is 6.92 Å². The summed E-state index contributed by atoms with van der Waals surface area (Å²) in [5.74, 6) is 0.0523. The van der Waals surface area contributed by atoms with E-state index < -0.39 is 0 Å². The molecule has 0 saturated carbocycles. The van der Waals surface area contributed by atoms with Gasteiger partial charge in [-0.05, 0) is 0 Å². The molecule has 0 bridgehead atoms. The minimum absolute atomic E-state index is 0.133. The number of carbonyl (C=O) groups excluding carboxylic acids is 2. The second-order valence-electron chi connectivity index (χ2n) is 3.36. The number of hydrogen-bond donors (Lipinski definition) is 1. The minimum Gasteiger partial charge on any atom is -0.275 e. The van der Waals surface area contributed by atoms with Crippen LogP contribution in [0.4, 0.5) is 0 Å². The Morgan fingerprint density at radius 1 is 1.64 bits per heavy atom. The maximum absolute atomic E-state index is 11.5. The van der Waals surface area contributed by atoms with Crippen molar-refractivity contribution in [3.8, 4) is 0 Å². The van der Waals surface area contributed by atoms with Crippen LogP contribution in [0, 0.1) is 5.92 Å². The van der Waals surface area contributed by atoms with Gasteiger partial charge in [0, 0.05) is 12.3 Å². The normalized spacial score (nSPS) is 22.1. The average molecular weight is 194 g/mol. The van der Waals surface area contributed by atoms with Gasteiger partial charge in [0.15, 0.2) is 0 Å². The smallest absolute Gasteiger partial charge is 0.232 e. The topological polar surface area (TPSA) is 79.0 Å². The van der Waals surface area contributed by atoms with Gasteiger partial charge in [-0.3, -0.25) is 19.6 Å². The summed E-state index contributed by atoms with van der Waals surface area (Å²) in [6, 6.07) is 0. The Bertz CT molecular complexity index is 359. The number of carbonyl (C=O) groups is 2. The number of hydrogen-bond acceptors (Lipinski definition) is 4. The first-order chi connectivity index (χ1) is 6.68. The number of amides is 2. The van der Waals surface area contributed by atoms with Crippen LogP contribution in [0.5, 0.6) is 0 Å². The molecule has 14 heavy (non-hydrogen) atoms. The van der Waals surface area contributed by atoms with Crippen LogP contribution in [0.2, 0.25) is 0 Å². The molecule has 0 radical (unpaired) electrons. The van der Waals surface area contributed by atoms with Crippen molar-refractivity contribution in [3.05, 3.63) is 12.2 Å². The van der Waals surface area contributed by atoms with Gasteiger partial charge in [-0.2, -0.15) is 5.10 Å². The SMILES string of the molecule is CC1CC(=O)N(Cc2ncn[nH]2)C1=O. The van der Waals surface area contributed by atoms with Crippen LogP contribution in [0.25, 0.3) is 0 Å². The lowest BCUT2D eigenvalue weighted by Gasteiger charge is -2.11. The number of nitrogens with one attached hydrogen (secondary N) is 1.